The van der Waals surface area contributed by atoms with Crippen LogP contribution in [0.3, 0.4) is 0 Å². The molecule has 0 saturated carbocycles. The van der Waals surface area contributed by atoms with E-state index in [-0.39, 0.29) is 11.5 Å². The summed E-state index contributed by atoms with van der Waals surface area (Å²) in [6.07, 6.45) is 1.58. The van der Waals surface area contributed by atoms with E-state index in [0.717, 1.165) is 13.0 Å². The fourth-order valence-corrected chi connectivity index (χ4v) is 3.61. The van der Waals surface area contributed by atoms with Gasteiger partial charge in [0.05, 0.1) is 18.1 Å². The quantitative estimate of drug-likeness (QED) is 0.561. The first kappa shape index (κ1) is 8.47. The van der Waals surface area contributed by atoms with E-state index in [2.05, 4.69) is 5.32 Å². The molecule has 0 aromatic rings. The highest BCUT2D eigenvalue weighted by Crippen LogP contribution is 2.26. The molecule has 1 unspecified atom stereocenters. The fraction of sp³-hybridized carbons (Fsp3) is 1.00. The van der Waals surface area contributed by atoms with Crippen molar-refractivity contribution < 1.29 is 13.2 Å². The molecule has 1 N–H and O–H groups in total. The SMILES string of the molecule is O=S1(=O)CCC2(C1)NCCCO2. The minimum atomic E-state index is -2.84. The lowest BCUT2D eigenvalue weighted by atomic mass is 10.1. The van der Waals surface area contributed by atoms with Crippen molar-refractivity contribution in [1.29, 1.82) is 0 Å². The molecule has 4 nitrogen and oxygen atoms in total. The zero-order chi connectivity index (χ0) is 8.66. The highest BCUT2D eigenvalue weighted by atomic mass is 32.2. The van der Waals surface area contributed by atoms with Gasteiger partial charge in [0.1, 0.15) is 5.72 Å². The van der Waals surface area contributed by atoms with E-state index in [1.807, 2.05) is 0 Å². The highest BCUT2D eigenvalue weighted by molar-refractivity contribution is 7.91. The first-order valence-corrected chi connectivity index (χ1v) is 6.04. The topological polar surface area (TPSA) is 55.4 Å². The van der Waals surface area contributed by atoms with Crippen LogP contribution < -0.4 is 5.32 Å². The first-order chi connectivity index (χ1) is 5.62. The maximum absolute atomic E-state index is 11.2. The third-order valence-electron chi connectivity index (χ3n) is 2.42. The van der Waals surface area contributed by atoms with Gasteiger partial charge >= 0.3 is 0 Å². The molecule has 0 bridgehead atoms. The zero-order valence-corrected chi connectivity index (χ0v) is 7.69. The Labute approximate surface area is 72.2 Å². The van der Waals surface area contributed by atoms with E-state index in [1.165, 1.54) is 0 Å². The molecule has 2 aliphatic rings. The lowest BCUT2D eigenvalue weighted by molar-refractivity contribution is -0.0758. The summed E-state index contributed by atoms with van der Waals surface area (Å²) in [6.45, 7) is 1.55. The van der Waals surface area contributed by atoms with Crippen molar-refractivity contribution >= 4 is 9.84 Å². The van der Waals surface area contributed by atoms with Gasteiger partial charge in [0.25, 0.3) is 0 Å². The number of ether oxygens (including phenoxy) is 1. The smallest absolute Gasteiger partial charge is 0.154 e. The van der Waals surface area contributed by atoms with Crippen LogP contribution in [0.4, 0.5) is 0 Å². The monoisotopic (exact) mass is 191 g/mol. The van der Waals surface area contributed by atoms with E-state index in [4.69, 9.17) is 4.74 Å². The van der Waals surface area contributed by atoms with Crippen LogP contribution in [0.1, 0.15) is 12.8 Å². The van der Waals surface area contributed by atoms with Gasteiger partial charge in [0.2, 0.25) is 0 Å². The Morgan fingerprint density at radius 2 is 2.25 bits per heavy atom. The van der Waals surface area contributed by atoms with Gasteiger partial charge in [-0.25, -0.2) is 8.42 Å². The standard InChI is InChI=1S/C7H13NO3S/c9-12(10)5-2-7(6-12)8-3-1-4-11-7/h8H,1-6H2. The summed E-state index contributed by atoms with van der Waals surface area (Å²) in [5, 5.41) is 3.15. The van der Waals surface area contributed by atoms with E-state index in [9.17, 15) is 8.42 Å². The molecule has 0 aliphatic carbocycles. The molecule has 0 aromatic heterocycles. The Kier molecular flexibility index (Phi) is 1.89. The maximum Gasteiger partial charge on any atom is 0.154 e. The lowest BCUT2D eigenvalue weighted by Gasteiger charge is -2.33. The molecule has 0 radical (unpaired) electrons. The average Bonchev–Trinajstić information content (AvgIpc) is 2.29. The molecule has 1 spiro atoms. The Morgan fingerprint density at radius 3 is 2.75 bits per heavy atom. The second-order valence-corrected chi connectivity index (χ2v) is 5.65. The third kappa shape index (κ3) is 1.48. The predicted octanol–water partition coefficient (Wildman–Crippen LogP) is -0.489. The van der Waals surface area contributed by atoms with Gasteiger partial charge in [0.15, 0.2) is 9.84 Å². The van der Waals surface area contributed by atoms with Crippen LogP contribution in [0.25, 0.3) is 0 Å². The van der Waals surface area contributed by atoms with E-state index in [0.29, 0.717) is 13.0 Å². The largest absolute Gasteiger partial charge is 0.359 e. The Balaban J connectivity index is 2.13. The van der Waals surface area contributed by atoms with Gasteiger partial charge in [-0.3, -0.25) is 5.32 Å². The molecule has 70 valence electrons. The van der Waals surface area contributed by atoms with Crippen LogP contribution >= 0.6 is 0 Å². The molecule has 2 rings (SSSR count). The van der Waals surface area contributed by atoms with Crippen molar-refractivity contribution in [1.82, 2.24) is 5.32 Å². The van der Waals surface area contributed by atoms with Gasteiger partial charge in [-0.15, -0.1) is 0 Å². The van der Waals surface area contributed by atoms with Crippen molar-refractivity contribution in [3.8, 4) is 0 Å². The fourth-order valence-electron chi connectivity index (χ4n) is 1.78. The summed E-state index contributed by atoms with van der Waals surface area (Å²) < 4.78 is 27.8. The maximum atomic E-state index is 11.2. The van der Waals surface area contributed by atoms with E-state index in [1.54, 1.807) is 0 Å². The average molecular weight is 191 g/mol. The number of nitrogens with one attached hydrogen (secondary N) is 1. The summed E-state index contributed by atoms with van der Waals surface area (Å²) >= 11 is 0. The van der Waals surface area contributed by atoms with Crippen LogP contribution in [0.5, 0.6) is 0 Å². The predicted molar refractivity (Wildman–Crippen MR) is 44.6 cm³/mol. The van der Waals surface area contributed by atoms with Gasteiger partial charge in [-0.2, -0.15) is 0 Å². The van der Waals surface area contributed by atoms with Gasteiger partial charge in [-0.05, 0) is 13.0 Å². The van der Waals surface area contributed by atoms with E-state index < -0.39 is 15.6 Å². The normalized spacial score (nSPS) is 40.3. The summed E-state index contributed by atoms with van der Waals surface area (Å²) in [6, 6.07) is 0. The Hall–Kier alpha value is -0.130. The zero-order valence-electron chi connectivity index (χ0n) is 6.88. The molecule has 12 heavy (non-hydrogen) atoms. The summed E-state index contributed by atoms with van der Waals surface area (Å²) in [4.78, 5) is 0. The first-order valence-electron chi connectivity index (χ1n) is 4.21. The second kappa shape index (κ2) is 2.68. The van der Waals surface area contributed by atoms with Crippen molar-refractivity contribution in [3.63, 3.8) is 0 Å². The van der Waals surface area contributed by atoms with Crippen molar-refractivity contribution in [2.45, 2.75) is 18.6 Å². The molecular formula is C7H13NO3S. The molecule has 1 atom stereocenters. The molecule has 2 heterocycles. The van der Waals surface area contributed by atoms with Crippen molar-refractivity contribution in [2.24, 2.45) is 0 Å². The number of sulfone groups is 1. The van der Waals surface area contributed by atoms with Gasteiger partial charge in [0, 0.05) is 6.42 Å². The lowest BCUT2D eigenvalue weighted by Crippen LogP contribution is -2.52. The molecule has 0 amide bonds. The van der Waals surface area contributed by atoms with Crippen LogP contribution in [-0.4, -0.2) is 38.8 Å². The molecule has 5 heteroatoms. The number of rotatable bonds is 0. The minimum absolute atomic E-state index is 0.153. The Morgan fingerprint density at radius 1 is 1.42 bits per heavy atom. The van der Waals surface area contributed by atoms with Crippen LogP contribution in [0.15, 0.2) is 0 Å². The molecule has 2 fully saturated rings. The summed E-state index contributed by atoms with van der Waals surface area (Å²) in [5.74, 6) is 0.417. The highest BCUT2D eigenvalue weighted by Gasteiger charge is 2.43. The summed E-state index contributed by atoms with van der Waals surface area (Å²) in [5.41, 5.74) is -0.531. The second-order valence-electron chi connectivity index (χ2n) is 3.47. The van der Waals surface area contributed by atoms with Crippen molar-refractivity contribution in [3.05, 3.63) is 0 Å². The van der Waals surface area contributed by atoms with Gasteiger partial charge < -0.3 is 4.74 Å². The molecule has 2 aliphatic heterocycles. The number of hydrogen-bond donors (Lipinski definition) is 1. The minimum Gasteiger partial charge on any atom is -0.359 e. The molecular weight excluding hydrogens is 178 g/mol. The van der Waals surface area contributed by atoms with Gasteiger partial charge in [-0.1, -0.05) is 0 Å². The molecule has 0 aromatic carbocycles. The van der Waals surface area contributed by atoms with Crippen LogP contribution in [0.2, 0.25) is 0 Å². The number of hydrogen-bond acceptors (Lipinski definition) is 4. The van der Waals surface area contributed by atoms with Crippen molar-refractivity contribution in [2.75, 3.05) is 24.7 Å². The van der Waals surface area contributed by atoms with Crippen LogP contribution in [0, 0.1) is 0 Å². The molecule has 2 saturated heterocycles. The van der Waals surface area contributed by atoms with Crippen LogP contribution in [-0.2, 0) is 14.6 Å². The third-order valence-corrected chi connectivity index (χ3v) is 4.15. The summed E-state index contributed by atoms with van der Waals surface area (Å²) in [7, 11) is -2.84. The Bertz CT molecular complexity index is 266. The van der Waals surface area contributed by atoms with E-state index >= 15 is 0 Å².